The number of amides is 1. The normalized spacial score (nSPS) is 17.0. The summed E-state index contributed by atoms with van der Waals surface area (Å²) >= 11 is 0. The van der Waals surface area contributed by atoms with Crippen molar-refractivity contribution in [3.05, 3.63) is 51.6 Å². The van der Waals surface area contributed by atoms with Gasteiger partial charge in [0.2, 0.25) is 5.91 Å². The molecule has 1 aromatic rings. The van der Waals surface area contributed by atoms with E-state index in [2.05, 4.69) is 0 Å². The topological polar surface area (TPSA) is 113 Å². The molecule has 0 radical (unpaired) electrons. The van der Waals surface area contributed by atoms with Crippen molar-refractivity contribution in [2.45, 2.75) is 25.9 Å². The number of nitro groups is 1. The third-order valence-electron chi connectivity index (χ3n) is 3.54. The molecule has 0 saturated carbocycles. The number of carbonyl (C=O) groups excluding carboxylic acids is 2. The molecule has 1 atom stereocenters. The molecular formula is C15H16N2O5. The van der Waals surface area contributed by atoms with Crippen LogP contribution >= 0.6 is 0 Å². The Morgan fingerprint density at radius 1 is 1.36 bits per heavy atom. The zero-order chi connectivity index (χ0) is 16.1. The van der Waals surface area contributed by atoms with Crippen LogP contribution in [0.2, 0.25) is 0 Å². The Kier molecular flexibility index (Phi) is 4.88. The highest BCUT2D eigenvalue weighted by atomic mass is 16.6. The second-order valence-electron chi connectivity index (χ2n) is 5.05. The lowest BCUT2D eigenvalue weighted by Gasteiger charge is -2.16. The molecule has 0 fully saturated rings. The zero-order valence-electron chi connectivity index (χ0n) is 11.9. The molecule has 0 aliphatic heterocycles. The minimum absolute atomic E-state index is 0.0409. The minimum Gasteiger partial charge on any atom is -0.460 e. The van der Waals surface area contributed by atoms with Crippen LogP contribution in [-0.2, 0) is 16.1 Å². The lowest BCUT2D eigenvalue weighted by molar-refractivity contribution is -0.385. The van der Waals surface area contributed by atoms with E-state index in [0.717, 1.165) is 18.9 Å². The van der Waals surface area contributed by atoms with Gasteiger partial charge in [-0.05, 0) is 31.4 Å². The zero-order valence-corrected chi connectivity index (χ0v) is 11.9. The van der Waals surface area contributed by atoms with Gasteiger partial charge in [-0.1, -0.05) is 12.2 Å². The number of hydrogen-bond donors (Lipinski definition) is 1. The summed E-state index contributed by atoms with van der Waals surface area (Å²) < 4.78 is 5.17. The summed E-state index contributed by atoms with van der Waals surface area (Å²) in [6.07, 6.45) is 6.11. The Morgan fingerprint density at radius 3 is 2.73 bits per heavy atom. The van der Waals surface area contributed by atoms with Crippen LogP contribution in [-0.4, -0.2) is 16.8 Å². The molecule has 22 heavy (non-hydrogen) atoms. The van der Waals surface area contributed by atoms with E-state index >= 15 is 0 Å². The van der Waals surface area contributed by atoms with E-state index in [0.29, 0.717) is 6.42 Å². The van der Waals surface area contributed by atoms with Gasteiger partial charge in [0.1, 0.15) is 6.61 Å². The Hall–Kier alpha value is -2.70. The molecule has 1 aromatic carbocycles. The first-order valence-electron chi connectivity index (χ1n) is 6.88. The van der Waals surface area contributed by atoms with Gasteiger partial charge in [-0.25, -0.2) is 0 Å². The van der Waals surface area contributed by atoms with Crippen LogP contribution in [0.5, 0.6) is 0 Å². The maximum absolute atomic E-state index is 11.9. The van der Waals surface area contributed by atoms with E-state index in [1.807, 2.05) is 12.2 Å². The van der Waals surface area contributed by atoms with Gasteiger partial charge in [0, 0.05) is 11.6 Å². The van der Waals surface area contributed by atoms with Gasteiger partial charge in [-0.3, -0.25) is 19.7 Å². The van der Waals surface area contributed by atoms with E-state index in [1.165, 1.54) is 12.1 Å². The van der Waals surface area contributed by atoms with E-state index in [-0.39, 0.29) is 35.3 Å². The number of rotatable bonds is 5. The first-order chi connectivity index (χ1) is 10.5. The number of carbonyl (C=O) groups is 2. The van der Waals surface area contributed by atoms with Crippen molar-refractivity contribution < 1.29 is 19.2 Å². The van der Waals surface area contributed by atoms with Crippen molar-refractivity contribution in [2.75, 3.05) is 0 Å². The lowest BCUT2D eigenvalue weighted by Crippen LogP contribution is -2.19. The second kappa shape index (κ2) is 6.84. The Labute approximate surface area is 126 Å². The second-order valence-corrected chi connectivity index (χ2v) is 5.05. The number of benzene rings is 1. The van der Waals surface area contributed by atoms with Gasteiger partial charge in [0.15, 0.2) is 0 Å². The molecular weight excluding hydrogens is 288 g/mol. The summed E-state index contributed by atoms with van der Waals surface area (Å²) in [4.78, 5) is 33.4. The average Bonchev–Trinajstić information content (AvgIpc) is 2.53. The lowest BCUT2D eigenvalue weighted by atomic mass is 9.95. The SMILES string of the molecule is NC(=O)c1ccc(COC(=O)C2CC=CCC2)c([N+](=O)[O-])c1. The summed E-state index contributed by atoms with van der Waals surface area (Å²) in [6, 6.07) is 3.85. The molecule has 1 aliphatic carbocycles. The Bertz CT molecular complexity index is 639. The molecule has 0 spiro atoms. The molecule has 1 amide bonds. The minimum atomic E-state index is -0.749. The monoisotopic (exact) mass is 304 g/mol. The molecule has 1 aliphatic rings. The predicted octanol–water partition coefficient (Wildman–Crippen LogP) is 2.09. The average molecular weight is 304 g/mol. The third kappa shape index (κ3) is 3.69. The highest BCUT2D eigenvalue weighted by Gasteiger charge is 2.22. The molecule has 0 bridgehead atoms. The van der Waals surface area contributed by atoms with Crippen LogP contribution in [0.15, 0.2) is 30.4 Å². The molecule has 1 unspecified atom stereocenters. The molecule has 2 rings (SSSR count). The van der Waals surface area contributed by atoms with Crippen molar-refractivity contribution in [3.8, 4) is 0 Å². The maximum atomic E-state index is 11.9. The van der Waals surface area contributed by atoms with E-state index in [9.17, 15) is 19.7 Å². The standard InChI is InChI=1S/C15H16N2O5/c16-14(18)11-6-7-12(13(8-11)17(20)21)9-22-15(19)10-4-2-1-3-5-10/h1-2,6-8,10H,3-5,9H2,(H2,16,18). The quantitative estimate of drug-likeness (QED) is 0.387. The van der Waals surface area contributed by atoms with Crippen LogP contribution in [0, 0.1) is 16.0 Å². The number of ether oxygens (including phenoxy) is 1. The summed E-state index contributed by atoms with van der Waals surface area (Å²) in [5, 5.41) is 11.0. The largest absolute Gasteiger partial charge is 0.460 e. The highest BCUT2D eigenvalue weighted by molar-refractivity contribution is 5.93. The number of primary amides is 1. The van der Waals surface area contributed by atoms with Gasteiger partial charge in [-0.2, -0.15) is 0 Å². The molecule has 0 aromatic heterocycles. The Balaban J connectivity index is 2.08. The smallest absolute Gasteiger partial charge is 0.309 e. The molecule has 0 saturated heterocycles. The van der Waals surface area contributed by atoms with E-state index in [4.69, 9.17) is 10.5 Å². The van der Waals surface area contributed by atoms with Crippen LogP contribution in [0.25, 0.3) is 0 Å². The molecule has 7 heteroatoms. The Morgan fingerprint density at radius 2 is 2.14 bits per heavy atom. The maximum Gasteiger partial charge on any atom is 0.309 e. The van der Waals surface area contributed by atoms with E-state index in [1.54, 1.807) is 0 Å². The number of nitro benzene ring substituents is 1. The van der Waals surface area contributed by atoms with Gasteiger partial charge in [0.05, 0.1) is 16.4 Å². The van der Waals surface area contributed by atoms with Crippen molar-refractivity contribution >= 4 is 17.6 Å². The molecule has 2 N–H and O–H groups in total. The van der Waals surface area contributed by atoms with Gasteiger partial charge in [-0.15, -0.1) is 0 Å². The van der Waals surface area contributed by atoms with Crippen LogP contribution in [0.4, 0.5) is 5.69 Å². The predicted molar refractivity (Wildman–Crippen MR) is 77.9 cm³/mol. The molecule has 7 nitrogen and oxygen atoms in total. The van der Waals surface area contributed by atoms with Crippen molar-refractivity contribution in [2.24, 2.45) is 11.7 Å². The van der Waals surface area contributed by atoms with Gasteiger partial charge < -0.3 is 10.5 Å². The first-order valence-corrected chi connectivity index (χ1v) is 6.88. The van der Waals surface area contributed by atoms with Crippen molar-refractivity contribution in [3.63, 3.8) is 0 Å². The number of nitrogens with two attached hydrogens (primary N) is 1. The number of nitrogens with zero attached hydrogens (tertiary/aromatic N) is 1. The molecule has 116 valence electrons. The highest BCUT2D eigenvalue weighted by Crippen LogP contribution is 2.23. The number of allylic oxidation sites excluding steroid dienone is 2. The summed E-state index contributed by atoms with van der Waals surface area (Å²) in [6.45, 7) is -0.200. The third-order valence-corrected chi connectivity index (χ3v) is 3.54. The molecule has 0 heterocycles. The van der Waals surface area contributed by atoms with Gasteiger partial charge >= 0.3 is 5.97 Å². The van der Waals surface area contributed by atoms with Crippen LogP contribution in [0.3, 0.4) is 0 Å². The van der Waals surface area contributed by atoms with Crippen LogP contribution < -0.4 is 5.73 Å². The van der Waals surface area contributed by atoms with Crippen molar-refractivity contribution in [1.82, 2.24) is 0 Å². The fraction of sp³-hybridized carbons (Fsp3) is 0.333. The van der Waals surface area contributed by atoms with Gasteiger partial charge in [0.25, 0.3) is 5.69 Å². The van der Waals surface area contributed by atoms with Crippen LogP contribution in [0.1, 0.15) is 35.2 Å². The number of hydrogen-bond acceptors (Lipinski definition) is 5. The number of esters is 1. The van der Waals surface area contributed by atoms with Crippen molar-refractivity contribution in [1.29, 1.82) is 0 Å². The summed E-state index contributed by atoms with van der Waals surface area (Å²) in [5.41, 5.74) is 5.09. The summed E-state index contributed by atoms with van der Waals surface area (Å²) in [5.74, 6) is -1.31. The fourth-order valence-electron chi connectivity index (χ4n) is 2.28. The first kappa shape index (κ1) is 15.7. The van der Waals surface area contributed by atoms with E-state index < -0.39 is 10.8 Å². The summed E-state index contributed by atoms with van der Waals surface area (Å²) in [7, 11) is 0. The fourth-order valence-corrected chi connectivity index (χ4v) is 2.28.